The number of nitrogens with zero attached hydrogens (tertiary/aromatic N) is 3. The fourth-order valence-corrected chi connectivity index (χ4v) is 4.06. The number of hydrogen-bond donors (Lipinski definition) is 1. The predicted molar refractivity (Wildman–Crippen MR) is 96.4 cm³/mol. The van der Waals surface area contributed by atoms with Crippen LogP contribution < -0.4 is 10.4 Å². The Morgan fingerprint density at radius 3 is 2.96 bits per heavy atom. The molecule has 4 atom stereocenters. The maximum absolute atomic E-state index is 13.0. The van der Waals surface area contributed by atoms with Crippen molar-refractivity contribution in [3.63, 3.8) is 0 Å². The van der Waals surface area contributed by atoms with Gasteiger partial charge in [0.15, 0.2) is 5.78 Å². The number of pyridine rings is 1. The van der Waals surface area contributed by atoms with Crippen LogP contribution in [0.2, 0.25) is 0 Å². The van der Waals surface area contributed by atoms with Crippen molar-refractivity contribution in [2.75, 3.05) is 18.2 Å². The van der Waals surface area contributed by atoms with Crippen molar-refractivity contribution in [2.45, 2.75) is 37.9 Å². The van der Waals surface area contributed by atoms with Gasteiger partial charge in [0.1, 0.15) is 31.1 Å². The second kappa shape index (κ2) is 6.77. The third-order valence-electron chi connectivity index (χ3n) is 5.38. The summed E-state index contributed by atoms with van der Waals surface area (Å²) in [5.74, 6) is 0.341. The molecule has 27 heavy (non-hydrogen) atoms. The molecule has 1 saturated carbocycles. The number of rotatable bonds is 6. The zero-order valence-electron chi connectivity index (χ0n) is 15.1. The Kier molecular flexibility index (Phi) is 4.43. The molecule has 2 aliphatic heterocycles. The Hall–Kier alpha value is -2.74. The van der Waals surface area contributed by atoms with E-state index in [1.54, 1.807) is 22.2 Å². The average Bonchev–Trinajstić information content (AvgIpc) is 3.16. The third-order valence-corrected chi connectivity index (χ3v) is 5.38. The molecule has 0 spiro atoms. The molecule has 3 aliphatic rings. The van der Waals surface area contributed by atoms with Gasteiger partial charge in [0.05, 0.1) is 0 Å². The fraction of sp³-hybridized carbons (Fsp3) is 0.474. The number of fused-ring (bicyclic) bond motifs is 2. The minimum absolute atomic E-state index is 0.00223. The number of carbonyl (C=O) groups excluding carboxylic acids is 3. The van der Waals surface area contributed by atoms with Crippen molar-refractivity contribution in [1.82, 2.24) is 15.3 Å². The number of carbonyl (C=O) groups is 3. The highest BCUT2D eigenvalue weighted by Gasteiger charge is 2.56. The summed E-state index contributed by atoms with van der Waals surface area (Å²) in [5, 5.41) is 1.60. The monoisotopic (exact) mass is 370 g/mol. The number of esters is 1. The van der Waals surface area contributed by atoms with Gasteiger partial charge >= 0.3 is 5.97 Å². The summed E-state index contributed by atoms with van der Waals surface area (Å²) < 4.78 is 5.16. The van der Waals surface area contributed by atoms with Crippen LogP contribution in [0.3, 0.4) is 0 Å². The van der Waals surface area contributed by atoms with Gasteiger partial charge in [-0.15, -0.1) is 0 Å². The van der Waals surface area contributed by atoms with Gasteiger partial charge in [-0.05, 0) is 31.7 Å². The molecule has 0 aromatic carbocycles. The number of amides is 1. The van der Waals surface area contributed by atoms with E-state index in [0.29, 0.717) is 18.2 Å². The van der Waals surface area contributed by atoms with E-state index in [-0.39, 0.29) is 36.9 Å². The summed E-state index contributed by atoms with van der Waals surface area (Å²) in [6.45, 7) is 5.18. The molecule has 0 radical (unpaired) electrons. The lowest BCUT2D eigenvalue weighted by Gasteiger charge is -2.28. The van der Waals surface area contributed by atoms with E-state index in [1.165, 1.54) is 13.0 Å². The van der Waals surface area contributed by atoms with Crippen LogP contribution in [0.25, 0.3) is 0 Å². The second-order valence-corrected chi connectivity index (χ2v) is 7.21. The number of ether oxygens (including phenoxy) is 1. The summed E-state index contributed by atoms with van der Waals surface area (Å²) in [4.78, 5) is 43.2. The maximum Gasteiger partial charge on any atom is 0.329 e. The number of anilines is 1. The predicted octanol–water partition coefficient (Wildman–Crippen LogP) is 0.755. The third kappa shape index (κ3) is 3.10. The molecule has 1 aromatic rings. The molecule has 4 rings (SSSR count). The van der Waals surface area contributed by atoms with Crippen molar-refractivity contribution in [1.29, 1.82) is 0 Å². The van der Waals surface area contributed by atoms with Crippen LogP contribution in [-0.4, -0.2) is 52.8 Å². The Morgan fingerprint density at radius 1 is 1.41 bits per heavy atom. The van der Waals surface area contributed by atoms with E-state index in [0.717, 1.165) is 12.0 Å². The van der Waals surface area contributed by atoms with Gasteiger partial charge in [0, 0.05) is 17.8 Å². The lowest BCUT2D eigenvalue weighted by atomic mass is 10.1. The highest BCUT2D eigenvalue weighted by Crippen LogP contribution is 2.48. The van der Waals surface area contributed by atoms with E-state index < -0.39 is 12.1 Å². The summed E-state index contributed by atoms with van der Waals surface area (Å²) in [6.07, 6.45) is 4.71. The zero-order chi connectivity index (χ0) is 19.1. The quantitative estimate of drug-likeness (QED) is 0.584. The topological polar surface area (TPSA) is 91.8 Å². The number of ketones is 1. The molecule has 1 aromatic heterocycles. The van der Waals surface area contributed by atoms with E-state index in [9.17, 15) is 14.4 Å². The number of aromatic nitrogens is 1. The van der Waals surface area contributed by atoms with E-state index in [1.807, 2.05) is 6.07 Å². The molecule has 1 N–H and O–H groups in total. The van der Waals surface area contributed by atoms with Gasteiger partial charge in [0.2, 0.25) is 5.91 Å². The lowest BCUT2D eigenvalue weighted by Crippen LogP contribution is -2.50. The van der Waals surface area contributed by atoms with Crippen molar-refractivity contribution < 1.29 is 19.1 Å². The first-order chi connectivity index (χ1) is 13.0. The fourth-order valence-electron chi connectivity index (χ4n) is 4.06. The Bertz CT molecular complexity index is 811. The minimum Gasteiger partial charge on any atom is -0.460 e. The summed E-state index contributed by atoms with van der Waals surface area (Å²) in [7, 11) is 0. The van der Waals surface area contributed by atoms with Crippen LogP contribution in [-0.2, 0) is 19.1 Å². The maximum atomic E-state index is 13.0. The molecule has 1 aliphatic carbocycles. The average molecular weight is 370 g/mol. The van der Waals surface area contributed by atoms with Crippen LogP contribution in [0.1, 0.15) is 31.4 Å². The van der Waals surface area contributed by atoms with Crippen LogP contribution in [0.5, 0.6) is 0 Å². The normalized spacial score (nSPS) is 27.7. The number of nitrogens with one attached hydrogen (secondary N) is 1. The molecule has 142 valence electrons. The molecule has 8 nitrogen and oxygen atoms in total. The van der Waals surface area contributed by atoms with Gasteiger partial charge in [-0.2, -0.15) is 0 Å². The Balaban J connectivity index is 1.49. The van der Waals surface area contributed by atoms with Crippen molar-refractivity contribution >= 4 is 23.5 Å². The van der Waals surface area contributed by atoms with Gasteiger partial charge in [-0.25, -0.2) is 15.2 Å². The van der Waals surface area contributed by atoms with Gasteiger partial charge in [-0.1, -0.05) is 18.7 Å². The van der Waals surface area contributed by atoms with E-state index >= 15 is 0 Å². The second-order valence-electron chi connectivity index (χ2n) is 7.21. The number of likely N-dealkylation sites (tertiary alicyclic amines) is 1. The number of piperidine rings is 1. The highest BCUT2D eigenvalue weighted by atomic mass is 16.5. The number of hydrogen-bond acceptors (Lipinski definition) is 7. The van der Waals surface area contributed by atoms with Crippen LogP contribution in [0, 0.1) is 5.92 Å². The van der Waals surface area contributed by atoms with Crippen molar-refractivity contribution in [2.24, 2.45) is 5.92 Å². The lowest BCUT2D eigenvalue weighted by molar-refractivity contribution is -0.153. The van der Waals surface area contributed by atoms with Gasteiger partial charge in [0.25, 0.3) is 0 Å². The standard InChI is InChI=1S/C19H22N4O4/c1-3-7-27-19(26)15-9-12-8-14(12)23(15)16(25)10-22-18-13(5-4-6-20-18)17(21-22)11(2)24/h3-6,12,14-15,17,21H,1,7-10H2,2H3/t12-,14-,15+,17?/m1/s1. The van der Waals surface area contributed by atoms with Gasteiger partial charge in [-0.3, -0.25) is 14.6 Å². The van der Waals surface area contributed by atoms with Crippen LogP contribution in [0.15, 0.2) is 31.0 Å². The molecule has 2 fully saturated rings. The first kappa shape index (κ1) is 17.7. The van der Waals surface area contributed by atoms with Crippen LogP contribution >= 0.6 is 0 Å². The minimum atomic E-state index is -0.546. The molecule has 0 bridgehead atoms. The van der Waals surface area contributed by atoms with Crippen molar-refractivity contribution in [3.8, 4) is 0 Å². The molecule has 1 saturated heterocycles. The Labute approximate surface area is 157 Å². The summed E-state index contributed by atoms with van der Waals surface area (Å²) in [6, 6.07) is 2.64. The van der Waals surface area contributed by atoms with Crippen molar-refractivity contribution in [3.05, 3.63) is 36.5 Å². The summed E-state index contributed by atoms with van der Waals surface area (Å²) in [5.41, 5.74) is 3.82. The van der Waals surface area contributed by atoms with E-state index in [4.69, 9.17) is 4.74 Å². The van der Waals surface area contributed by atoms with Crippen LogP contribution in [0.4, 0.5) is 5.82 Å². The number of Topliss-reactive ketones (excluding diaryl/α,β-unsaturated/α-hetero) is 1. The zero-order valence-corrected chi connectivity index (χ0v) is 15.1. The first-order valence-corrected chi connectivity index (χ1v) is 9.09. The smallest absolute Gasteiger partial charge is 0.329 e. The molecular weight excluding hydrogens is 348 g/mol. The summed E-state index contributed by atoms with van der Waals surface area (Å²) >= 11 is 0. The molecule has 1 amide bonds. The molecular formula is C19H22N4O4. The number of hydrazine groups is 1. The largest absolute Gasteiger partial charge is 0.460 e. The Morgan fingerprint density at radius 2 is 2.22 bits per heavy atom. The molecule has 8 heteroatoms. The first-order valence-electron chi connectivity index (χ1n) is 9.09. The molecule has 3 heterocycles. The highest BCUT2D eigenvalue weighted by molar-refractivity contribution is 5.91. The molecule has 1 unspecified atom stereocenters. The SMILES string of the molecule is C=CCOC(=O)[C@@H]1C[C@H]2C[C@H]2N1C(=O)CN1NC(C(C)=O)c2cccnc21. The van der Waals surface area contributed by atoms with Gasteiger partial charge < -0.3 is 9.64 Å². The van der Waals surface area contributed by atoms with E-state index in [2.05, 4.69) is 17.0 Å².